The summed E-state index contributed by atoms with van der Waals surface area (Å²) >= 11 is 5.63. The second-order valence-electron chi connectivity index (χ2n) is 5.73. The molecule has 9 heteroatoms. The van der Waals surface area contributed by atoms with Gasteiger partial charge >= 0.3 is 5.91 Å². The molecule has 3 rings (SSSR count). The Morgan fingerprint density at radius 3 is 2.52 bits per heavy atom. The molecule has 0 aliphatic rings. The van der Waals surface area contributed by atoms with Crippen LogP contribution in [0.5, 0.6) is 11.5 Å². The smallest absolute Gasteiger partial charge is 0.305 e. The Morgan fingerprint density at radius 1 is 0.966 bits per heavy atom. The lowest BCUT2D eigenvalue weighted by Crippen LogP contribution is -2.43. The number of ether oxygens (including phenoxy) is 2. The van der Waals surface area contributed by atoms with Crippen LogP contribution in [0.25, 0.3) is 0 Å². The van der Waals surface area contributed by atoms with Gasteiger partial charge in [0.25, 0.3) is 5.91 Å². The minimum atomic E-state index is -0.644. The molecule has 0 atom stereocenters. The first kappa shape index (κ1) is 20.2. The summed E-state index contributed by atoms with van der Waals surface area (Å²) in [7, 11) is 0. The van der Waals surface area contributed by atoms with Gasteiger partial charge in [-0.05, 0) is 36.4 Å². The number of hydrazine groups is 1. The van der Waals surface area contributed by atoms with Gasteiger partial charge in [0.2, 0.25) is 0 Å². The van der Waals surface area contributed by atoms with Crippen LogP contribution in [-0.4, -0.2) is 18.4 Å². The van der Waals surface area contributed by atoms with Gasteiger partial charge < -0.3 is 13.9 Å². The van der Waals surface area contributed by atoms with Crippen LogP contribution in [0.4, 0.5) is 4.39 Å². The normalized spacial score (nSPS) is 10.3. The highest BCUT2D eigenvalue weighted by Crippen LogP contribution is 2.20. The van der Waals surface area contributed by atoms with Crippen molar-refractivity contribution in [3.05, 3.63) is 83.0 Å². The maximum absolute atomic E-state index is 13.1. The lowest BCUT2D eigenvalue weighted by molar-refractivity contribution is -0.123. The molecule has 1 aromatic heterocycles. The van der Waals surface area contributed by atoms with E-state index in [0.717, 1.165) is 6.07 Å². The lowest BCUT2D eigenvalue weighted by atomic mass is 10.3. The molecule has 0 saturated carbocycles. The molecule has 0 radical (unpaired) electrons. The van der Waals surface area contributed by atoms with Gasteiger partial charge in [-0.3, -0.25) is 20.4 Å². The van der Waals surface area contributed by atoms with E-state index in [2.05, 4.69) is 10.9 Å². The van der Waals surface area contributed by atoms with Crippen molar-refractivity contribution in [2.24, 2.45) is 0 Å². The van der Waals surface area contributed by atoms with E-state index in [-0.39, 0.29) is 23.1 Å². The fraction of sp³-hybridized carbons (Fsp3) is 0.100. The highest BCUT2D eigenvalue weighted by atomic mass is 35.5. The van der Waals surface area contributed by atoms with Gasteiger partial charge in [-0.1, -0.05) is 29.8 Å². The van der Waals surface area contributed by atoms with Gasteiger partial charge in [0.1, 0.15) is 29.7 Å². The topological polar surface area (TPSA) is 89.8 Å². The molecular formula is C20H16ClFN2O5. The zero-order valence-corrected chi connectivity index (χ0v) is 15.7. The standard InChI is InChI=1S/C20H16ClFN2O5/c21-16-10-14(6-8-17(16)22)28-12-19(25)23-24-20(26)18-9-7-15(29-18)11-27-13-4-2-1-3-5-13/h1-10H,11-12H2,(H,23,25)(H,24,26). The Morgan fingerprint density at radius 2 is 1.76 bits per heavy atom. The Kier molecular flexibility index (Phi) is 6.70. The number of rotatable bonds is 7. The van der Waals surface area contributed by atoms with Crippen molar-refractivity contribution in [3.63, 3.8) is 0 Å². The zero-order chi connectivity index (χ0) is 20.6. The average Bonchev–Trinajstić information content (AvgIpc) is 3.21. The van der Waals surface area contributed by atoms with Crippen molar-refractivity contribution < 1.29 is 27.9 Å². The Bertz CT molecular complexity index is 994. The Labute approximate surface area is 170 Å². The van der Waals surface area contributed by atoms with Gasteiger partial charge in [-0.15, -0.1) is 0 Å². The number of amides is 2. The fourth-order valence-electron chi connectivity index (χ4n) is 2.19. The molecular weight excluding hydrogens is 403 g/mol. The molecule has 29 heavy (non-hydrogen) atoms. The number of halogens is 2. The lowest BCUT2D eigenvalue weighted by Gasteiger charge is -2.08. The van der Waals surface area contributed by atoms with Crippen molar-refractivity contribution >= 4 is 23.4 Å². The van der Waals surface area contributed by atoms with Gasteiger partial charge in [-0.25, -0.2) is 4.39 Å². The van der Waals surface area contributed by atoms with Crippen LogP contribution in [0.3, 0.4) is 0 Å². The van der Waals surface area contributed by atoms with E-state index >= 15 is 0 Å². The molecule has 0 bridgehead atoms. The highest BCUT2D eigenvalue weighted by molar-refractivity contribution is 6.30. The van der Waals surface area contributed by atoms with Crippen LogP contribution < -0.4 is 20.3 Å². The van der Waals surface area contributed by atoms with E-state index in [1.165, 1.54) is 18.2 Å². The number of para-hydroxylation sites is 1. The van der Waals surface area contributed by atoms with Gasteiger partial charge in [0, 0.05) is 6.07 Å². The molecule has 2 N–H and O–H groups in total. The maximum Gasteiger partial charge on any atom is 0.305 e. The molecule has 3 aromatic rings. The molecule has 0 saturated heterocycles. The molecule has 2 amide bonds. The third kappa shape index (κ3) is 5.98. The van der Waals surface area contributed by atoms with Crippen molar-refractivity contribution in [2.75, 3.05) is 6.61 Å². The second-order valence-corrected chi connectivity index (χ2v) is 6.14. The summed E-state index contributed by atoms with van der Waals surface area (Å²) in [6.07, 6.45) is 0. The monoisotopic (exact) mass is 418 g/mol. The van der Waals surface area contributed by atoms with E-state index in [9.17, 15) is 14.0 Å². The van der Waals surface area contributed by atoms with Crippen LogP contribution in [-0.2, 0) is 11.4 Å². The number of hydrogen-bond acceptors (Lipinski definition) is 5. The summed E-state index contributed by atoms with van der Waals surface area (Å²) in [5, 5.41) is -0.124. The molecule has 150 valence electrons. The van der Waals surface area contributed by atoms with Crippen molar-refractivity contribution in [2.45, 2.75) is 6.61 Å². The first-order valence-electron chi connectivity index (χ1n) is 8.45. The van der Waals surface area contributed by atoms with E-state index in [1.807, 2.05) is 18.2 Å². The summed E-state index contributed by atoms with van der Waals surface area (Å²) in [6.45, 7) is -0.256. The number of benzene rings is 2. The van der Waals surface area contributed by atoms with Crippen LogP contribution >= 0.6 is 11.6 Å². The number of carbonyl (C=O) groups excluding carboxylic acids is 2. The van der Waals surface area contributed by atoms with E-state index in [0.29, 0.717) is 11.5 Å². The molecule has 0 unspecified atom stereocenters. The van der Waals surface area contributed by atoms with Crippen LogP contribution in [0, 0.1) is 5.82 Å². The molecule has 1 heterocycles. The van der Waals surface area contributed by atoms with E-state index in [4.69, 9.17) is 25.5 Å². The SMILES string of the molecule is O=C(COc1ccc(F)c(Cl)c1)NNC(=O)c1ccc(COc2ccccc2)o1. The number of furan rings is 1. The van der Waals surface area contributed by atoms with E-state index in [1.54, 1.807) is 18.2 Å². The Balaban J connectivity index is 1.42. The summed E-state index contributed by atoms with van der Waals surface area (Å²) in [4.78, 5) is 23.8. The number of hydrogen-bond donors (Lipinski definition) is 2. The maximum atomic E-state index is 13.1. The predicted molar refractivity (Wildman–Crippen MR) is 102 cm³/mol. The number of carbonyl (C=O) groups is 2. The third-order valence-electron chi connectivity index (χ3n) is 3.59. The number of nitrogens with one attached hydrogen (secondary N) is 2. The zero-order valence-electron chi connectivity index (χ0n) is 15.0. The minimum absolute atomic E-state index is 0.00296. The molecule has 0 aliphatic heterocycles. The third-order valence-corrected chi connectivity index (χ3v) is 3.88. The van der Waals surface area contributed by atoms with Crippen LogP contribution in [0.15, 0.2) is 65.1 Å². The summed E-state index contributed by atoms with van der Waals surface area (Å²) in [6, 6.07) is 15.9. The molecule has 7 nitrogen and oxygen atoms in total. The molecule has 2 aromatic carbocycles. The van der Waals surface area contributed by atoms with Crippen molar-refractivity contribution in [3.8, 4) is 11.5 Å². The minimum Gasteiger partial charge on any atom is -0.486 e. The molecule has 0 aliphatic carbocycles. The fourth-order valence-corrected chi connectivity index (χ4v) is 2.36. The highest BCUT2D eigenvalue weighted by Gasteiger charge is 2.13. The molecule has 0 fully saturated rings. The largest absolute Gasteiger partial charge is 0.486 e. The summed E-state index contributed by atoms with van der Waals surface area (Å²) in [5.74, 6) is -0.531. The predicted octanol–water partition coefficient (Wildman–Crippen LogP) is 3.49. The van der Waals surface area contributed by atoms with Crippen molar-refractivity contribution in [1.82, 2.24) is 10.9 Å². The summed E-state index contributed by atoms with van der Waals surface area (Å²) < 4.78 is 29.2. The van der Waals surface area contributed by atoms with Gasteiger partial charge in [0.15, 0.2) is 12.4 Å². The first-order valence-corrected chi connectivity index (χ1v) is 8.82. The Hall–Kier alpha value is -3.52. The second kappa shape index (κ2) is 9.61. The van der Waals surface area contributed by atoms with Crippen LogP contribution in [0.1, 0.15) is 16.3 Å². The van der Waals surface area contributed by atoms with Crippen LogP contribution in [0.2, 0.25) is 5.02 Å². The van der Waals surface area contributed by atoms with Gasteiger partial charge in [0.05, 0.1) is 5.02 Å². The first-order chi connectivity index (χ1) is 14.0. The van der Waals surface area contributed by atoms with Gasteiger partial charge in [-0.2, -0.15) is 0 Å². The molecule has 0 spiro atoms. The van der Waals surface area contributed by atoms with E-state index < -0.39 is 24.2 Å². The quantitative estimate of drug-likeness (QED) is 0.573. The van der Waals surface area contributed by atoms with Crippen molar-refractivity contribution in [1.29, 1.82) is 0 Å². The average molecular weight is 419 g/mol. The summed E-state index contributed by atoms with van der Waals surface area (Å²) in [5.41, 5.74) is 4.39.